The first kappa shape index (κ1) is 15.1. The third kappa shape index (κ3) is 2.36. The van der Waals surface area contributed by atoms with Crippen LogP contribution in [0.15, 0.2) is 42.6 Å². The summed E-state index contributed by atoms with van der Waals surface area (Å²) in [6, 6.07) is 11.4. The monoisotopic (exact) mass is 323 g/mol. The van der Waals surface area contributed by atoms with E-state index in [0.717, 1.165) is 13.1 Å². The van der Waals surface area contributed by atoms with Crippen LogP contribution in [0, 0.1) is 18.8 Å². The molecule has 5 nitrogen and oxygen atoms in total. The molecule has 2 N–H and O–H groups in total. The molecule has 3 atom stereocenters. The van der Waals surface area contributed by atoms with Crippen molar-refractivity contribution in [1.29, 1.82) is 0 Å². The summed E-state index contributed by atoms with van der Waals surface area (Å²) in [6.07, 6.45) is 1.55. The van der Waals surface area contributed by atoms with Crippen LogP contribution in [-0.2, 0) is 0 Å². The quantitative estimate of drug-likeness (QED) is 0.888. The number of nitrogens with zero attached hydrogens (tertiary/aromatic N) is 2. The van der Waals surface area contributed by atoms with Crippen molar-refractivity contribution in [3.05, 3.63) is 59.4 Å². The summed E-state index contributed by atoms with van der Waals surface area (Å²) in [5.74, 6) is 0.613. The summed E-state index contributed by atoms with van der Waals surface area (Å²) in [5, 5.41) is 13.5. The summed E-state index contributed by atoms with van der Waals surface area (Å²) < 4.78 is 0. The SMILES string of the molecule is Cc1ccccc1[C@H]1[C@H]2CNC[C@H]2CN1C(=O)c1ncccc1O. The van der Waals surface area contributed by atoms with E-state index in [1.54, 1.807) is 12.3 Å². The molecule has 2 aromatic rings. The van der Waals surface area contributed by atoms with Gasteiger partial charge in [0.05, 0.1) is 6.04 Å². The topological polar surface area (TPSA) is 65.5 Å². The molecule has 2 aliphatic rings. The molecule has 2 saturated heterocycles. The van der Waals surface area contributed by atoms with Gasteiger partial charge in [-0.2, -0.15) is 0 Å². The highest BCUT2D eigenvalue weighted by molar-refractivity contribution is 5.95. The molecular weight excluding hydrogens is 302 g/mol. The molecule has 5 heteroatoms. The van der Waals surface area contributed by atoms with Gasteiger partial charge in [-0.1, -0.05) is 24.3 Å². The number of hydrogen-bond acceptors (Lipinski definition) is 4. The summed E-state index contributed by atoms with van der Waals surface area (Å²) in [6.45, 7) is 4.64. The third-order valence-corrected chi connectivity index (χ3v) is 5.32. The van der Waals surface area contributed by atoms with Gasteiger partial charge in [0.15, 0.2) is 5.69 Å². The average Bonchev–Trinajstić information content (AvgIpc) is 3.16. The molecular formula is C19H21N3O2. The number of pyridine rings is 1. The lowest BCUT2D eigenvalue weighted by molar-refractivity contribution is 0.0704. The number of rotatable bonds is 2. The first-order valence-electron chi connectivity index (χ1n) is 8.38. The Balaban J connectivity index is 1.75. The highest BCUT2D eigenvalue weighted by Gasteiger charge is 2.47. The van der Waals surface area contributed by atoms with Gasteiger partial charge in [-0.05, 0) is 36.1 Å². The van der Waals surface area contributed by atoms with Crippen LogP contribution in [0.25, 0.3) is 0 Å². The van der Waals surface area contributed by atoms with Gasteiger partial charge in [0, 0.05) is 31.7 Å². The van der Waals surface area contributed by atoms with Crippen LogP contribution in [0.1, 0.15) is 27.7 Å². The number of aromatic nitrogens is 1. The molecule has 0 radical (unpaired) electrons. The minimum Gasteiger partial charge on any atom is -0.505 e. The van der Waals surface area contributed by atoms with Gasteiger partial charge in [-0.3, -0.25) is 4.79 Å². The number of nitrogens with one attached hydrogen (secondary N) is 1. The van der Waals surface area contributed by atoms with Crippen LogP contribution in [0.2, 0.25) is 0 Å². The molecule has 0 aliphatic carbocycles. The molecule has 24 heavy (non-hydrogen) atoms. The first-order chi connectivity index (χ1) is 11.7. The van der Waals surface area contributed by atoms with E-state index in [4.69, 9.17) is 0 Å². The molecule has 124 valence electrons. The summed E-state index contributed by atoms with van der Waals surface area (Å²) in [7, 11) is 0. The minimum atomic E-state index is -0.184. The van der Waals surface area contributed by atoms with E-state index in [9.17, 15) is 9.90 Å². The maximum atomic E-state index is 13.1. The highest BCUT2D eigenvalue weighted by atomic mass is 16.3. The van der Waals surface area contributed by atoms with Crippen LogP contribution in [-0.4, -0.2) is 40.5 Å². The molecule has 1 aromatic carbocycles. The molecule has 3 heterocycles. The standard InChI is InChI=1S/C19H21N3O2/c1-12-5-2-3-6-14(12)18-15-10-20-9-13(15)11-22(18)19(24)17-16(23)7-4-8-21-17/h2-8,13,15,18,20,23H,9-11H2,1H3/t13-,15-,18-/m0/s1. The second-order valence-corrected chi connectivity index (χ2v) is 6.71. The highest BCUT2D eigenvalue weighted by Crippen LogP contribution is 2.44. The number of aromatic hydroxyl groups is 1. The van der Waals surface area contributed by atoms with Crippen molar-refractivity contribution in [2.75, 3.05) is 19.6 Å². The van der Waals surface area contributed by atoms with Gasteiger partial charge in [0.1, 0.15) is 5.75 Å². The molecule has 2 fully saturated rings. The number of likely N-dealkylation sites (tertiary alicyclic amines) is 1. The van der Waals surface area contributed by atoms with E-state index >= 15 is 0 Å². The maximum absolute atomic E-state index is 13.1. The fourth-order valence-corrected chi connectivity index (χ4v) is 4.14. The fraction of sp³-hybridized carbons (Fsp3) is 0.368. The van der Waals surface area contributed by atoms with E-state index in [0.29, 0.717) is 18.4 Å². The van der Waals surface area contributed by atoms with Crippen LogP contribution in [0.5, 0.6) is 5.75 Å². The number of benzene rings is 1. The van der Waals surface area contributed by atoms with Crippen molar-refractivity contribution in [1.82, 2.24) is 15.2 Å². The van der Waals surface area contributed by atoms with E-state index in [1.807, 2.05) is 17.0 Å². The molecule has 2 aliphatic heterocycles. The smallest absolute Gasteiger partial charge is 0.276 e. The lowest BCUT2D eigenvalue weighted by Crippen LogP contribution is -2.35. The van der Waals surface area contributed by atoms with Crippen LogP contribution >= 0.6 is 0 Å². The predicted octanol–water partition coefficient (Wildman–Crippen LogP) is 2.13. The fourth-order valence-electron chi connectivity index (χ4n) is 4.14. The first-order valence-corrected chi connectivity index (χ1v) is 8.38. The zero-order chi connectivity index (χ0) is 16.7. The number of hydrogen-bond donors (Lipinski definition) is 2. The van der Waals surface area contributed by atoms with Gasteiger partial charge in [-0.15, -0.1) is 0 Å². The van der Waals surface area contributed by atoms with Crippen molar-refractivity contribution in [2.45, 2.75) is 13.0 Å². The Hall–Kier alpha value is -2.40. The van der Waals surface area contributed by atoms with E-state index < -0.39 is 0 Å². The number of fused-ring (bicyclic) bond motifs is 1. The van der Waals surface area contributed by atoms with Gasteiger partial charge in [-0.25, -0.2) is 4.98 Å². The average molecular weight is 323 g/mol. The normalized spacial score (nSPS) is 25.7. The molecule has 4 rings (SSSR count). The third-order valence-electron chi connectivity index (χ3n) is 5.32. The van der Waals surface area contributed by atoms with Crippen molar-refractivity contribution >= 4 is 5.91 Å². The zero-order valence-electron chi connectivity index (χ0n) is 13.6. The molecule has 0 bridgehead atoms. The number of aryl methyl sites for hydroxylation is 1. The van der Waals surface area contributed by atoms with Gasteiger partial charge in [0.2, 0.25) is 0 Å². The summed E-state index contributed by atoms with van der Waals surface area (Å²) >= 11 is 0. The molecule has 0 saturated carbocycles. The van der Waals surface area contributed by atoms with E-state index in [-0.39, 0.29) is 23.4 Å². The lowest BCUT2D eigenvalue weighted by atomic mass is 9.87. The largest absolute Gasteiger partial charge is 0.505 e. The van der Waals surface area contributed by atoms with Crippen molar-refractivity contribution < 1.29 is 9.90 Å². The van der Waals surface area contributed by atoms with Gasteiger partial charge >= 0.3 is 0 Å². The zero-order valence-corrected chi connectivity index (χ0v) is 13.6. The number of amides is 1. The van der Waals surface area contributed by atoms with Crippen LogP contribution in [0.4, 0.5) is 0 Å². The Morgan fingerprint density at radius 1 is 1.25 bits per heavy atom. The Labute approximate surface area is 141 Å². The predicted molar refractivity (Wildman–Crippen MR) is 90.7 cm³/mol. The molecule has 0 unspecified atom stereocenters. The Bertz CT molecular complexity index is 777. The van der Waals surface area contributed by atoms with E-state index in [2.05, 4.69) is 29.4 Å². The molecule has 0 spiro atoms. The Morgan fingerprint density at radius 2 is 2.08 bits per heavy atom. The second-order valence-electron chi connectivity index (χ2n) is 6.71. The van der Waals surface area contributed by atoms with Gasteiger partial charge in [0.25, 0.3) is 5.91 Å². The van der Waals surface area contributed by atoms with Crippen LogP contribution in [0.3, 0.4) is 0 Å². The lowest BCUT2D eigenvalue weighted by Gasteiger charge is -2.29. The van der Waals surface area contributed by atoms with Crippen molar-refractivity contribution in [3.8, 4) is 5.75 Å². The summed E-state index contributed by atoms with van der Waals surface area (Å²) in [4.78, 5) is 19.1. The number of carbonyl (C=O) groups is 1. The Kier molecular flexibility index (Phi) is 3.73. The Morgan fingerprint density at radius 3 is 2.88 bits per heavy atom. The van der Waals surface area contributed by atoms with Crippen molar-refractivity contribution in [3.63, 3.8) is 0 Å². The van der Waals surface area contributed by atoms with E-state index in [1.165, 1.54) is 17.2 Å². The second kappa shape index (κ2) is 5.91. The molecule has 1 amide bonds. The van der Waals surface area contributed by atoms with Crippen molar-refractivity contribution in [2.24, 2.45) is 11.8 Å². The molecule has 1 aromatic heterocycles. The minimum absolute atomic E-state index is 0.0279. The van der Waals surface area contributed by atoms with Crippen LogP contribution < -0.4 is 5.32 Å². The maximum Gasteiger partial charge on any atom is 0.276 e. The number of carbonyl (C=O) groups excluding carboxylic acids is 1. The summed E-state index contributed by atoms with van der Waals surface area (Å²) in [5.41, 5.74) is 2.53. The van der Waals surface area contributed by atoms with Gasteiger partial charge < -0.3 is 15.3 Å².